The molecule has 0 bridgehead atoms. The van der Waals surface area contributed by atoms with E-state index in [1.165, 1.54) is 16.6 Å². The van der Waals surface area contributed by atoms with Crippen LogP contribution in [0.15, 0.2) is 54.6 Å². The summed E-state index contributed by atoms with van der Waals surface area (Å²) in [5.41, 5.74) is 4.39. The Kier molecular flexibility index (Phi) is 4.98. The summed E-state index contributed by atoms with van der Waals surface area (Å²) < 4.78 is 0. The molecule has 3 aromatic rings. The van der Waals surface area contributed by atoms with E-state index in [2.05, 4.69) is 57.2 Å². The SMILES string of the molecule is O=C1c2[nH]c3ccccc3c2CCN1CCCN1CCN(c2ccccc2)CC1. The van der Waals surface area contributed by atoms with Crippen molar-refractivity contribution < 1.29 is 4.79 Å². The largest absolute Gasteiger partial charge is 0.369 e. The van der Waals surface area contributed by atoms with Crippen LogP contribution in [0.25, 0.3) is 10.9 Å². The van der Waals surface area contributed by atoms with Crippen molar-refractivity contribution >= 4 is 22.5 Å². The van der Waals surface area contributed by atoms with Crippen molar-refractivity contribution in [3.05, 3.63) is 65.9 Å². The molecule has 0 unspecified atom stereocenters. The fraction of sp³-hybridized carbons (Fsp3) is 0.375. The number of amides is 1. The molecule has 2 aliphatic rings. The number of hydrogen-bond donors (Lipinski definition) is 1. The molecule has 0 atom stereocenters. The molecule has 5 rings (SSSR count). The van der Waals surface area contributed by atoms with Gasteiger partial charge in [-0.25, -0.2) is 0 Å². The Morgan fingerprint density at radius 2 is 1.59 bits per heavy atom. The predicted octanol–water partition coefficient (Wildman–Crippen LogP) is 3.38. The van der Waals surface area contributed by atoms with Gasteiger partial charge in [-0.3, -0.25) is 9.69 Å². The highest BCUT2D eigenvalue weighted by molar-refractivity contribution is 6.02. The molecule has 5 heteroatoms. The van der Waals surface area contributed by atoms with Crippen molar-refractivity contribution in [3.8, 4) is 0 Å². The summed E-state index contributed by atoms with van der Waals surface area (Å²) >= 11 is 0. The summed E-state index contributed by atoms with van der Waals surface area (Å²) in [6, 6.07) is 18.9. The van der Waals surface area contributed by atoms with E-state index in [0.29, 0.717) is 0 Å². The van der Waals surface area contributed by atoms with Crippen LogP contribution in [0.3, 0.4) is 0 Å². The molecule has 1 fully saturated rings. The average molecular weight is 389 g/mol. The molecule has 29 heavy (non-hydrogen) atoms. The van der Waals surface area contributed by atoms with E-state index in [0.717, 1.165) is 69.9 Å². The molecule has 1 aromatic heterocycles. The number of para-hydroxylation sites is 2. The summed E-state index contributed by atoms with van der Waals surface area (Å²) in [7, 11) is 0. The van der Waals surface area contributed by atoms with Gasteiger partial charge in [0.05, 0.1) is 0 Å². The Morgan fingerprint density at radius 3 is 2.41 bits per heavy atom. The van der Waals surface area contributed by atoms with Gasteiger partial charge in [-0.1, -0.05) is 36.4 Å². The third-order valence-corrected chi connectivity index (χ3v) is 6.34. The second-order valence-corrected chi connectivity index (χ2v) is 8.08. The fourth-order valence-corrected chi connectivity index (χ4v) is 4.72. The van der Waals surface area contributed by atoms with Crippen molar-refractivity contribution in [1.29, 1.82) is 0 Å². The van der Waals surface area contributed by atoms with Crippen LogP contribution in [0.5, 0.6) is 0 Å². The molecule has 2 aliphatic heterocycles. The summed E-state index contributed by atoms with van der Waals surface area (Å²) in [5, 5.41) is 1.20. The first-order valence-corrected chi connectivity index (χ1v) is 10.7. The van der Waals surface area contributed by atoms with Gasteiger partial charge in [0.1, 0.15) is 5.69 Å². The Balaban J connectivity index is 1.13. The first-order chi connectivity index (χ1) is 14.3. The zero-order chi connectivity index (χ0) is 19.6. The number of benzene rings is 2. The molecule has 3 heterocycles. The maximum atomic E-state index is 12.9. The van der Waals surface area contributed by atoms with E-state index < -0.39 is 0 Å². The molecule has 150 valence electrons. The standard InChI is InChI=1S/C24H28N4O/c29-24-23-21(20-9-4-5-10-22(20)25-23)11-14-28(24)13-6-12-26-15-17-27(18-16-26)19-7-2-1-3-8-19/h1-5,7-10,25H,6,11-18H2. The van der Waals surface area contributed by atoms with Gasteiger partial charge in [-0.15, -0.1) is 0 Å². The Morgan fingerprint density at radius 1 is 0.828 bits per heavy atom. The van der Waals surface area contributed by atoms with Crippen molar-refractivity contribution in [2.75, 3.05) is 50.7 Å². The number of nitrogens with zero attached hydrogens (tertiary/aromatic N) is 3. The average Bonchev–Trinajstić information content (AvgIpc) is 3.16. The number of nitrogens with one attached hydrogen (secondary N) is 1. The molecular formula is C24H28N4O. The zero-order valence-corrected chi connectivity index (χ0v) is 16.8. The van der Waals surface area contributed by atoms with Gasteiger partial charge in [-0.05, 0) is 43.1 Å². The van der Waals surface area contributed by atoms with Crippen LogP contribution >= 0.6 is 0 Å². The molecule has 0 spiro atoms. The molecule has 5 nitrogen and oxygen atoms in total. The van der Waals surface area contributed by atoms with E-state index in [-0.39, 0.29) is 5.91 Å². The van der Waals surface area contributed by atoms with Crippen LogP contribution in [-0.2, 0) is 6.42 Å². The van der Waals surface area contributed by atoms with Crippen LogP contribution < -0.4 is 4.90 Å². The van der Waals surface area contributed by atoms with Crippen LogP contribution in [-0.4, -0.2) is 66.5 Å². The van der Waals surface area contributed by atoms with Crippen LogP contribution in [0, 0.1) is 0 Å². The van der Waals surface area contributed by atoms with Gasteiger partial charge in [0.2, 0.25) is 0 Å². The number of fused-ring (bicyclic) bond motifs is 3. The van der Waals surface area contributed by atoms with Crippen LogP contribution in [0.1, 0.15) is 22.5 Å². The Bertz CT molecular complexity index is 989. The van der Waals surface area contributed by atoms with E-state index in [9.17, 15) is 4.79 Å². The van der Waals surface area contributed by atoms with Crippen molar-refractivity contribution in [2.24, 2.45) is 0 Å². The van der Waals surface area contributed by atoms with Gasteiger partial charge in [0.25, 0.3) is 5.91 Å². The normalized spacial score (nSPS) is 17.7. The summed E-state index contributed by atoms with van der Waals surface area (Å²) in [6.45, 7) is 7.06. The van der Waals surface area contributed by atoms with E-state index in [1.54, 1.807) is 0 Å². The number of hydrogen-bond acceptors (Lipinski definition) is 3. The van der Waals surface area contributed by atoms with Crippen molar-refractivity contribution in [2.45, 2.75) is 12.8 Å². The number of aromatic amines is 1. The number of carbonyl (C=O) groups is 1. The molecule has 0 aliphatic carbocycles. The minimum atomic E-state index is 0.163. The number of H-pyrrole nitrogens is 1. The highest BCUT2D eigenvalue weighted by Gasteiger charge is 2.27. The third-order valence-electron chi connectivity index (χ3n) is 6.34. The monoisotopic (exact) mass is 388 g/mol. The number of rotatable bonds is 5. The summed E-state index contributed by atoms with van der Waals surface area (Å²) in [6.07, 6.45) is 1.98. The zero-order valence-electron chi connectivity index (χ0n) is 16.8. The first-order valence-electron chi connectivity index (χ1n) is 10.7. The van der Waals surface area contributed by atoms with Crippen LogP contribution in [0.4, 0.5) is 5.69 Å². The molecular weight excluding hydrogens is 360 g/mol. The molecule has 2 aromatic carbocycles. The maximum absolute atomic E-state index is 12.9. The minimum absolute atomic E-state index is 0.163. The summed E-state index contributed by atoms with van der Waals surface area (Å²) in [5.74, 6) is 0.163. The second-order valence-electron chi connectivity index (χ2n) is 8.08. The highest BCUT2D eigenvalue weighted by atomic mass is 16.2. The lowest BCUT2D eigenvalue weighted by atomic mass is 10.0. The smallest absolute Gasteiger partial charge is 0.270 e. The topological polar surface area (TPSA) is 42.6 Å². The lowest BCUT2D eigenvalue weighted by Gasteiger charge is -2.36. The number of piperazine rings is 1. The number of carbonyl (C=O) groups excluding carboxylic acids is 1. The molecule has 0 radical (unpaired) electrons. The van der Waals surface area contributed by atoms with E-state index in [4.69, 9.17) is 0 Å². The molecule has 1 saturated heterocycles. The molecule has 0 saturated carbocycles. The van der Waals surface area contributed by atoms with Gasteiger partial charge >= 0.3 is 0 Å². The highest BCUT2D eigenvalue weighted by Crippen LogP contribution is 2.27. The Hall–Kier alpha value is -2.79. The fourth-order valence-electron chi connectivity index (χ4n) is 4.72. The van der Waals surface area contributed by atoms with E-state index >= 15 is 0 Å². The van der Waals surface area contributed by atoms with Crippen molar-refractivity contribution in [3.63, 3.8) is 0 Å². The molecule has 1 amide bonds. The van der Waals surface area contributed by atoms with Gasteiger partial charge < -0.3 is 14.8 Å². The predicted molar refractivity (Wildman–Crippen MR) is 118 cm³/mol. The second kappa shape index (κ2) is 7.91. The van der Waals surface area contributed by atoms with E-state index in [1.807, 2.05) is 17.0 Å². The lowest BCUT2D eigenvalue weighted by Crippen LogP contribution is -2.47. The third kappa shape index (κ3) is 3.62. The first kappa shape index (κ1) is 18.3. The van der Waals surface area contributed by atoms with Gasteiger partial charge in [0, 0.05) is 55.9 Å². The maximum Gasteiger partial charge on any atom is 0.270 e. The van der Waals surface area contributed by atoms with Gasteiger partial charge in [0.15, 0.2) is 0 Å². The Labute approximate surface area is 171 Å². The number of aromatic nitrogens is 1. The van der Waals surface area contributed by atoms with Crippen LogP contribution in [0.2, 0.25) is 0 Å². The summed E-state index contributed by atoms with van der Waals surface area (Å²) in [4.78, 5) is 23.3. The number of anilines is 1. The van der Waals surface area contributed by atoms with Gasteiger partial charge in [-0.2, -0.15) is 0 Å². The molecule has 1 N–H and O–H groups in total. The lowest BCUT2D eigenvalue weighted by molar-refractivity contribution is 0.0726. The van der Waals surface area contributed by atoms with Crippen molar-refractivity contribution in [1.82, 2.24) is 14.8 Å². The minimum Gasteiger partial charge on any atom is -0.369 e. The quantitative estimate of drug-likeness (QED) is 0.729.